The van der Waals surface area contributed by atoms with Gasteiger partial charge < -0.3 is 11.1 Å². The minimum Gasteiger partial charge on any atom is -0.389 e. The first-order valence-corrected chi connectivity index (χ1v) is 7.06. The van der Waals surface area contributed by atoms with Gasteiger partial charge in [0.15, 0.2) is 0 Å². The van der Waals surface area contributed by atoms with E-state index in [0.717, 1.165) is 17.3 Å². The lowest BCUT2D eigenvalue weighted by atomic mass is 10.0. The molecule has 0 aliphatic heterocycles. The van der Waals surface area contributed by atoms with E-state index in [-0.39, 0.29) is 16.8 Å². The van der Waals surface area contributed by atoms with E-state index < -0.39 is 0 Å². The van der Waals surface area contributed by atoms with E-state index >= 15 is 0 Å². The van der Waals surface area contributed by atoms with Gasteiger partial charge in [0.05, 0.1) is 5.69 Å². The van der Waals surface area contributed by atoms with E-state index in [2.05, 4.69) is 28.2 Å². The van der Waals surface area contributed by atoms with Crippen LogP contribution in [-0.2, 0) is 4.79 Å². The van der Waals surface area contributed by atoms with Crippen LogP contribution in [0.4, 0.5) is 5.69 Å². The maximum absolute atomic E-state index is 12.0. The van der Waals surface area contributed by atoms with Gasteiger partial charge >= 0.3 is 0 Å². The molecule has 5 heteroatoms. The Morgan fingerprint density at radius 3 is 2.78 bits per heavy atom. The fourth-order valence-electron chi connectivity index (χ4n) is 1.65. The molecule has 1 amide bonds. The van der Waals surface area contributed by atoms with Crippen LogP contribution in [0.3, 0.4) is 0 Å². The fraction of sp³-hybridized carbons (Fsp3) is 0.385. The number of thiocarbonyl (C=S) groups is 1. The molecule has 3 N–H and O–H groups in total. The molecule has 1 aromatic rings. The van der Waals surface area contributed by atoms with E-state index in [1.807, 2.05) is 19.1 Å². The zero-order chi connectivity index (χ0) is 13.7. The number of nitrogens with one attached hydrogen (secondary N) is 1. The van der Waals surface area contributed by atoms with Gasteiger partial charge in [0.25, 0.3) is 0 Å². The van der Waals surface area contributed by atoms with Gasteiger partial charge in [-0.2, -0.15) is 0 Å². The van der Waals surface area contributed by atoms with Crippen LogP contribution in [0.25, 0.3) is 0 Å². The van der Waals surface area contributed by atoms with Crippen LogP contribution in [0.2, 0.25) is 0 Å². The summed E-state index contributed by atoms with van der Waals surface area (Å²) in [5, 5.41) is 2.88. The van der Waals surface area contributed by atoms with Crippen molar-refractivity contribution in [3.8, 4) is 0 Å². The summed E-state index contributed by atoms with van der Waals surface area (Å²) in [5.41, 5.74) is 7.00. The van der Waals surface area contributed by atoms with E-state index in [4.69, 9.17) is 18.0 Å². The van der Waals surface area contributed by atoms with Crippen LogP contribution >= 0.6 is 28.1 Å². The smallest absolute Gasteiger partial charge is 0.227 e. The summed E-state index contributed by atoms with van der Waals surface area (Å²) in [7, 11) is 0. The third-order valence-electron chi connectivity index (χ3n) is 2.67. The number of nitrogens with two attached hydrogens (primary N) is 1. The summed E-state index contributed by atoms with van der Waals surface area (Å²) in [5.74, 6) is -0.0190. The average molecular weight is 329 g/mol. The molecule has 0 aliphatic rings. The zero-order valence-electron chi connectivity index (χ0n) is 10.5. The molecule has 0 heterocycles. The minimum absolute atomic E-state index is 0.00308. The van der Waals surface area contributed by atoms with Gasteiger partial charge in [0.2, 0.25) is 5.91 Å². The van der Waals surface area contributed by atoms with Crippen molar-refractivity contribution in [2.45, 2.75) is 26.7 Å². The van der Waals surface area contributed by atoms with Gasteiger partial charge in [-0.25, -0.2) is 0 Å². The number of benzene rings is 1. The number of hydrogen-bond acceptors (Lipinski definition) is 2. The summed E-state index contributed by atoms with van der Waals surface area (Å²) in [6, 6.07) is 5.46. The third kappa shape index (κ3) is 4.07. The van der Waals surface area contributed by atoms with Crippen LogP contribution in [0.5, 0.6) is 0 Å². The number of amides is 1. The molecule has 1 rings (SSSR count). The van der Waals surface area contributed by atoms with Crippen molar-refractivity contribution in [3.05, 3.63) is 28.2 Å². The molecule has 3 nitrogen and oxygen atoms in total. The quantitative estimate of drug-likeness (QED) is 0.814. The number of carbonyl (C=O) groups is 1. The molecule has 0 saturated heterocycles. The van der Waals surface area contributed by atoms with Gasteiger partial charge in [0.1, 0.15) is 4.99 Å². The number of carbonyl (C=O) groups excluding carboxylic acids is 1. The molecule has 0 bridgehead atoms. The number of halogens is 1. The first-order valence-electron chi connectivity index (χ1n) is 5.86. The Balaban J connectivity index is 2.90. The molecule has 0 fully saturated rings. The Hall–Kier alpha value is -0.940. The van der Waals surface area contributed by atoms with Crippen molar-refractivity contribution in [2.24, 2.45) is 11.7 Å². The van der Waals surface area contributed by atoms with Crippen LogP contribution in [0, 0.1) is 5.92 Å². The predicted octanol–water partition coefficient (Wildman–Crippen LogP) is 3.46. The number of anilines is 1. The van der Waals surface area contributed by atoms with Gasteiger partial charge in [-0.1, -0.05) is 48.4 Å². The summed E-state index contributed by atoms with van der Waals surface area (Å²) >= 11 is 8.34. The van der Waals surface area contributed by atoms with Crippen molar-refractivity contribution in [3.63, 3.8) is 0 Å². The van der Waals surface area contributed by atoms with Crippen LogP contribution in [0.1, 0.15) is 32.3 Å². The molecule has 0 radical (unpaired) electrons. The molecule has 1 aromatic carbocycles. The molecule has 0 aliphatic carbocycles. The summed E-state index contributed by atoms with van der Waals surface area (Å²) in [4.78, 5) is 12.2. The second kappa shape index (κ2) is 6.85. The fourth-order valence-corrected chi connectivity index (χ4v) is 2.18. The molecule has 1 unspecified atom stereocenters. The molecular formula is C13H17BrN2OS. The normalized spacial score (nSPS) is 11.9. The minimum atomic E-state index is -0.0159. The van der Waals surface area contributed by atoms with Crippen molar-refractivity contribution in [1.29, 1.82) is 0 Å². The van der Waals surface area contributed by atoms with E-state index in [0.29, 0.717) is 11.3 Å². The highest BCUT2D eigenvalue weighted by Crippen LogP contribution is 2.22. The number of hydrogen-bond donors (Lipinski definition) is 2. The summed E-state index contributed by atoms with van der Waals surface area (Å²) in [6.07, 6.45) is 1.85. The second-order valence-electron chi connectivity index (χ2n) is 4.23. The molecule has 98 valence electrons. The van der Waals surface area contributed by atoms with E-state index in [9.17, 15) is 4.79 Å². The monoisotopic (exact) mass is 328 g/mol. The van der Waals surface area contributed by atoms with Gasteiger partial charge in [-0.3, -0.25) is 4.79 Å². The van der Waals surface area contributed by atoms with E-state index in [1.54, 1.807) is 6.07 Å². The first-order chi connectivity index (χ1) is 8.45. The second-order valence-corrected chi connectivity index (χ2v) is 5.59. The molecular weight excluding hydrogens is 312 g/mol. The highest BCUT2D eigenvalue weighted by atomic mass is 79.9. The van der Waals surface area contributed by atoms with Crippen molar-refractivity contribution >= 4 is 44.7 Å². The molecule has 0 aromatic heterocycles. The van der Waals surface area contributed by atoms with Gasteiger partial charge in [-0.05, 0) is 24.6 Å². The Labute approximate surface area is 121 Å². The van der Waals surface area contributed by atoms with Crippen LogP contribution in [0.15, 0.2) is 22.7 Å². The highest BCUT2D eigenvalue weighted by molar-refractivity contribution is 9.10. The van der Waals surface area contributed by atoms with Gasteiger partial charge in [0, 0.05) is 16.0 Å². The lowest BCUT2D eigenvalue weighted by molar-refractivity contribution is -0.119. The molecule has 0 saturated carbocycles. The van der Waals surface area contributed by atoms with Crippen LogP contribution in [-0.4, -0.2) is 10.9 Å². The zero-order valence-corrected chi connectivity index (χ0v) is 12.9. The van der Waals surface area contributed by atoms with Crippen LogP contribution < -0.4 is 11.1 Å². The summed E-state index contributed by atoms with van der Waals surface area (Å²) in [6.45, 7) is 3.97. The average Bonchev–Trinajstić information content (AvgIpc) is 2.31. The van der Waals surface area contributed by atoms with Crippen molar-refractivity contribution in [1.82, 2.24) is 0 Å². The Morgan fingerprint density at radius 2 is 2.22 bits per heavy atom. The SMILES string of the molecule is CCCC(C)C(=O)Nc1ccc(Br)cc1C(N)=S. The largest absolute Gasteiger partial charge is 0.389 e. The molecule has 0 spiro atoms. The maximum atomic E-state index is 12.0. The van der Waals surface area contributed by atoms with Crippen molar-refractivity contribution < 1.29 is 4.79 Å². The predicted molar refractivity (Wildman–Crippen MR) is 82.7 cm³/mol. The van der Waals surface area contributed by atoms with E-state index in [1.165, 1.54) is 0 Å². The standard InChI is InChI=1S/C13H17BrN2OS/c1-3-4-8(2)13(17)16-11-6-5-9(14)7-10(11)12(15)18/h5-8H,3-4H2,1-2H3,(H2,15,18)(H,16,17). The number of rotatable bonds is 5. The Bertz CT molecular complexity index is 462. The Kier molecular flexibility index (Phi) is 5.75. The lowest BCUT2D eigenvalue weighted by Crippen LogP contribution is -2.22. The molecule has 1 atom stereocenters. The highest BCUT2D eigenvalue weighted by Gasteiger charge is 2.14. The third-order valence-corrected chi connectivity index (χ3v) is 3.39. The molecule has 18 heavy (non-hydrogen) atoms. The topological polar surface area (TPSA) is 55.1 Å². The lowest BCUT2D eigenvalue weighted by Gasteiger charge is -2.14. The summed E-state index contributed by atoms with van der Waals surface area (Å²) < 4.78 is 0.880. The van der Waals surface area contributed by atoms with Crippen molar-refractivity contribution in [2.75, 3.05) is 5.32 Å². The first kappa shape index (κ1) is 15.1. The maximum Gasteiger partial charge on any atom is 0.227 e. The van der Waals surface area contributed by atoms with Gasteiger partial charge in [-0.15, -0.1) is 0 Å². The Morgan fingerprint density at radius 1 is 1.56 bits per heavy atom.